The molecule has 3 heterocycles. The van der Waals surface area contributed by atoms with E-state index in [0.29, 0.717) is 24.8 Å². The highest BCUT2D eigenvalue weighted by atomic mass is 32.2. The Morgan fingerprint density at radius 1 is 1.30 bits per heavy atom. The van der Waals surface area contributed by atoms with Crippen molar-refractivity contribution in [2.45, 2.75) is 38.3 Å². The minimum atomic E-state index is -2.85. The Balaban J connectivity index is 1.52. The summed E-state index contributed by atoms with van der Waals surface area (Å²) in [7, 11) is -2.85. The van der Waals surface area contributed by atoms with Crippen LogP contribution in [0.1, 0.15) is 31.6 Å². The summed E-state index contributed by atoms with van der Waals surface area (Å²) >= 11 is 0. The number of sulfone groups is 1. The third-order valence-electron chi connectivity index (χ3n) is 3.87. The lowest BCUT2D eigenvalue weighted by atomic mass is 10.1. The zero-order valence-corrected chi connectivity index (χ0v) is 12.2. The smallest absolute Gasteiger partial charge is 0.266 e. The molecule has 1 unspecified atom stereocenters. The van der Waals surface area contributed by atoms with Gasteiger partial charge in [-0.05, 0) is 30.8 Å². The van der Waals surface area contributed by atoms with E-state index in [9.17, 15) is 8.42 Å². The molecule has 2 fully saturated rings. The van der Waals surface area contributed by atoms with E-state index < -0.39 is 9.84 Å². The molecule has 8 heteroatoms. The van der Waals surface area contributed by atoms with Gasteiger partial charge >= 0.3 is 0 Å². The van der Waals surface area contributed by atoms with Gasteiger partial charge in [0, 0.05) is 19.1 Å². The zero-order valence-electron chi connectivity index (χ0n) is 11.4. The summed E-state index contributed by atoms with van der Waals surface area (Å²) < 4.78 is 27.9. The first-order valence-corrected chi connectivity index (χ1v) is 8.96. The lowest BCUT2D eigenvalue weighted by Crippen LogP contribution is -2.31. The number of nitrogens with one attached hydrogen (secondary N) is 1. The second-order valence-corrected chi connectivity index (χ2v) is 7.75. The van der Waals surface area contributed by atoms with Crippen molar-refractivity contribution in [3.05, 3.63) is 5.89 Å². The van der Waals surface area contributed by atoms with Crippen molar-refractivity contribution in [3.63, 3.8) is 0 Å². The molecule has 3 rings (SSSR count). The fourth-order valence-corrected chi connectivity index (χ4v) is 4.44. The lowest BCUT2D eigenvalue weighted by Gasteiger charge is -2.24. The third kappa shape index (κ3) is 3.29. The van der Waals surface area contributed by atoms with E-state index in [4.69, 9.17) is 4.52 Å². The van der Waals surface area contributed by atoms with Crippen molar-refractivity contribution in [1.29, 1.82) is 0 Å². The first-order valence-electron chi connectivity index (χ1n) is 7.14. The van der Waals surface area contributed by atoms with E-state index in [1.807, 2.05) is 0 Å². The lowest BCUT2D eigenvalue weighted by molar-refractivity contribution is 0.358. The Morgan fingerprint density at radius 3 is 2.80 bits per heavy atom. The SMILES string of the molecule is O=S1(=O)CCC(NCc2nc(N3CCCCC3)no2)C1. The fourth-order valence-electron chi connectivity index (χ4n) is 2.73. The van der Waals surface area contributed by atoms with E-state index >= 15 is 0 Å². The number of hydrogen-bond acceptors (Lipinski definition) is 7. The van der Waals surface area contributed by atoms with Gasteiger partial charge in [0.05, 0.1) is 18.1 Å². The number of piperidine rings is 1. The highest BCUT2D eigenvalue weighted by Crippen LogP contribution is 2.17. The molecule has 1 aromatic rings. The fraction of sp³-hybridized carbons (Fsp3) is 0.833. The highest BCUT2D eigenvalue weighted by Gasteiger charge is 2.27. The minimum Gasteiger partial charge on any atom is -0.338 e. The van der Waals surface area contributed by atoms with Gasteiger partial charge in [0.25, 0.3) is 5.95 Å². The van der Waals surface area contributed by atoms with Gasteiger partial charge in [-0.3, -0.25) is 0 Å². The molecule has 0 saturated carbocycles. The molecular formula is C12H20N4O3S. The topological polar surface area (TPSA) is 88.3 Å². The van der Waals surface area contributed by atoms with Crippen LogP contribution in [0, 0.1) is 0 Å². The summed E-state index contributed by atoms with van der Waals surface area (Å²) in [6, 6.07) is 0.00494. The van der Waals surface area contributed by atoms with Gasteiger partial charge < -0.3 is 14.7 Å². The minimum absolute atomic E-state index is 0.00494. The number of anilines is 1. The quantitative estimate of drug-likeness (QED) is 0.857. The number of aromatic nitrogens is 2. The third-order valence-corrected chi connectivity index (χ3v) is 5.64. The molecule has 0 aliphatic carbocycles. The first kappa shape index (κ1) is 13.8. The van der Waals surface area contributed by atoms with E-state index in [0.717, 1.165) is 13.1 Å². The van der Waals surface area contributed by atoms with Crippen LogP contribution in [-0.2, 0) is 16.4 Å². The maximum absolute atomic E-state index is 11.4. The van der Waals surface area contributed by atoms with Crippen LogP contribution in [0.15, 0.2) is 4.52 Å². The van der Waals surface area contributed by atoms with Crippen molar-refractivity contribution >= 4 is 15.8 Å². The van der Waals surface area contributed by atoms with Crippen LogP contribution < -0.4 is 10.2 Å². The molecule has 1 aromatic heterocycles. The van der Waals surface area contributed by atoms with Crippen LogP contribution in [0.4, 0.5) is 5.95 Å². The van der Waals surface area contributed by atoms with Crippen LogP contribution >= 0.6 is 0 Å². The van der Waals surface area contributed by atoms with Gasteiger partial charge in [-0.25, -0.2) is 8.42 Å². The molecule has 0 spiro atoms. The van der Waals surface area contributed by atoms with E-state index in [2.05, 4.69) is 20.4 Å². The standard InChI is InChI=1S/C12H20N4O3S/c17-20(18)7-4-10(9-20)13-8-11-14-12(15-19-11)16-5-2-1-3-6-16/h10,13H,1-9H2. The maximum Gasteiger partial charge on any atom is 0.266 e. The second-order valence-electron chi connectivity index (χ2n) is 5.52. The average molecular weight is 300 g/mol. The summed E-state index contributed by atoms with van der Waals surface area (Å²) in [5.41, 5.74) is 0. The summed E-state index contributed by atoms with van der Waals surface area (Å²) in [4.78, 5) is 6.50. The van der Waals surface area contributed by atoms with Gasteiger partial charge in [0.2, 0.25) is 5.89 Å². The monoisotopic (exact) mass is 300 g/mol. The van der Waals surface area contributed by atoms with Crippen molar-refractivity contribution in [2.24, 2.45) is 0 Å². The Kier molecular flexibility index (Phi) is 3.93. The Morgan fingerprint density at radius 2 is 2.10 bits per heavy atom. The molecule has 7 nitrogen and oxygen atoms in total. The van der Waals surface area contributed by atoms with Crippen molar-refractivity contribution in [2.75, 3.05) is 29.5 Å². The molecule has 0 radical (unpaired) electrons. The van der Waals surface area contributed by atoms with Gasteiger partial charge in [-0.1, -0.05) is 0 Å². The summed E-state index contributed by atoms with van der Waals surface area (Å²) in [5, 5.41) is 7.17. The Labute approximate surface area is 118 Å². The Bertz CT molecular complexity index is 551. The summed E-state index contributed by atoms with van der Waals surface area (Å²) in [6.07, 6.45) is 4.26. The molecule has 2 aliphatic heterocycles. The number of nitrogens with zero attached hydrogens (tertiary/aromatic N) is 3. The van der Waals surface area contributed by atoms with Crippen LogP contribution in [0.5, 0.6) is 0 Å². The largest absolute Gasteiger partial charge is 0.338 e. The molecule has 0 bridgehead atoms. The molecule has 112 valence electrons. The molecule has 2 saturated heterocycles. The van der Waals surface area contributed by atoms with Crippen LogP contribution in [0.3, 0.4) is 0 Å². The number of hydrogen-bond donors (Lipinski definition) is 1. The van der Waals surface area contributed by atoms with Crippen LogP contribution in [0.25, 0.3) is 0 Å². The van der Waals surface area contributed by atoms with Crippen LogP contribution in [0.2, 0.25) is 0 Å². The normalized spacial score (nSPS) is 26.0. The summed E-state index contributed by atoms with van der Waals surface area (Å²) in [5.74, 6) is 1.66. The van der Waals surface area contributed by atoms with Crippen molar-refractivity contribution in [3.8, 4) is 0 Å². The second kappa shape index (κ2) is 5.69. The molecular weight excluding hydrogens is 280 g/mol. The summed E-state index contributed by atoms with van der Waals surface area (Å²) in [6.45, 7) is 2.39. The molecule has 1 N–H and O–H groups in total. The molecule has 0 amide bonds. The van der Waals surface area contributed by atoms with E-state index in [1.165, 1.54) is 19.3 Å². The Hall–Kier alpha value is -1.15. The van der Waals surface area contributed by atoms with Gasteiger partial charge in [-0.2, -0.15) is 4.98 Å². The van der Waals surface area contributed by atoms with Crippen LogP contribution in [-0.4, -0.2) is 49.2 Å². The molecule has 20 heavy (non-hydrogen) atoms. The predicted molar refractivity (Wildman–Crippen MR) is 74.3 cm³/mol. The van der Waals surface area contributed by atoms with E-state index in [-0.39, 0.29) is 17.5 Å². The first-order chi connectivity index (χ1) is 9.62. The average Bonchev–Trinajstić information content (AvgIpc) is 3.04. The zero-order chi connectivity index (χ0) is 14.0. The van der Waals surface area contributed by atoms with Gasteiger partial charge in [-0.15, -0.1) is 0 Å². The number of rotatable bonds is 4. The predicted octanol–water partition coefficient (Wildman–Crippen LogP) is 0.337. The highest BCUT2D eigenvalue weighted by molar-refractivity contribution is 7.91. The molecule has 0 aromatic carbocycles. The molecule has 1 atom stereocenters. The van der Waals surface area contributed by atoms with Gasteiger partial charge in [0.1, 0.15) is 0 Å². The van der Waals surface area contributed by atoms with Crippen molar-refractivity contribution < 1.29 is 12.9 Å². The van der Waals surface area contributed by atoms with E-state index in [1.54, 1.807) is 0 Å². The molecule has 2 aliphatic rings. The van der Waals surface area contributed by atoms with Gasteiger partial charge in [0.15, 0.2) is 9.84 Å². The van der Waals surface area contributed by atoms with Crippen molar-refractivity contribution in [1.82, 2.24) is 15.5 Å². The maximum atomic E-state index is 11.4.